The Morgan fingerprint density at radius 2 is 1.25 bits per heavy atom. The first-order valence-corrected chi connectivity index (χ1v) is 5.40. The maximum atomic E-state index is 3.35. The molecular weight excluding hydrogens is 192 g/mol. The standard InChI is InChI=1S/C16H8/c1-2-8-13-12(7-1)14-9-3-5-11-6-4-10-15(13)16(11)14/h1-8H. The fraction of sp³-hybridized carbons (Fsp3) is 0. The van der Waals surface area contributed by atoms with Crippen LogP contribution in [0.5, 0.6) is 0 Å². The fourth-order valence-corrected chi connectivity index (χ4v) is 2.55. The summed E-state index contributed by atoms with van der Waals surface area (Å²) in [7, 11) is 0. The molecule has 0 saturated heterocycles. The molecule has 0 aromatic heterocycles. The number of benzene rings is 3. The number of rotatable bonds is 0. The summed E-state index contributed by atoms with van der Waals surface area (Å²) in [6, 6.07) is 23.4. The van der Waals surface area contributed by atoms with Crippen molar-refractivity contribution in [3.63, 3.8) is 0 Å². The molecule has 0 saturated carbocycles. The Bertz CT molecular complexity index is 650. The molecule has 16 heavy (non-hydrogen) atoms. The van der Waals surface area contributed by atoms with Crippen LogP contribution in [0.1, 0.15) is 0 Å². The van der Waals surface area contributed by atoms with Crippen LogP contribution in [0.15, 0.2) is 48.5 Å². The molecular formula is C16H8. The summed E-state index contributed by atoms with van der Waals surface area (Å²) >= 11 is 0. The van der Waals surface area contributed by atoms with E-state index in [1.54, 1.807) is 0 Å². The number of hydrogen-bond donors (Lipinski definition) is 0. The average molecular weight is 200 g/mol. The van der Waals surface area contributed by atoms with E-state index in [4.69, 9.17) is 0 Å². The highest BCUT2D eigenvalue weighted by Crippen LogP contribution is 2.45. The fourth-order valence-electron chi connectivity index (χ4n) is 2.55. The van der Waals surface area contributed by atoms with Crippen LogP contribution in [0.3, 0.4) is 0 Å². The van der Waals surface area contributed by atoms with Gasteiger partial charge >= 0.3 is 0 Å². The van der Waals surface area contributed by atoms with Gasteiger partial charge in [0.25, 0.3) is 0 Å². The van der Waals surface area contributed by atoms with Crippen molar-refractivity contribution in [3.8, 4) is 22.3 Å². The second kappa shape index (κ2) is 2.73. The van der Waals surface area contributed by atoms with Crippen LogP contribution in [0.4, 0.5) is 0 Å². The lowest BCUT2D eigenvalue weighted by atomic mass is 10.0. The van der Waals surface area contributed by atoms with Crippen LogP contribution in [0.2, 0.25) is 0 Å². The van der Waals surface area contributed by atoms with Gasteiger partial charge in [-0.2, -0.15) is 0 Å². The molecule has 0 spiro atoms. The highest BCUT2D eigenvalue weighted by molar-refractivity contribution is 6.14. The third kappa shape index (κ3) is 0.849. The van der Waals surface area contributed by atoms with Crippen molar-refractivity contribution in [2.75, 3.05) is 0 Å². The van der Waals surface area contributed by atoms with Crippen LogP contribution in [0, 0.1) is 12.1 Å². The monoisotopic (exact) mass is 200 g/mol. The van der Waals surface area contributed by atoms with Gasteiger partial charge in [-0.3, -0.25) is 0 Å². The maximum Gasteiger partial charge on any atom is -0.00139 e. The Labute approximate surface area is 94.2 Å². The zero-order chi connectivity index (χ0) is 10.5. The van der Waals surface area contributed by atoms with E-state index in [1.165, 1.54) is 33.0 Å². The van der Waals surface area contributed by atoms with Crippen LogP contribution in [-0.2, 0) is 0 Å². The SMILES string of the molecule is [c]1ccc2cc[c]c3c2c1-c1ccccc1-3. The van der Waals surface area contributed by atoms with Crippen LogP contribution in [0.25, 0.3) is 33.0 Å². The topological polar surface area (TPSA) is 0 Å². The Balaban J connectivity index is 2.31. The minimum absolute atomic E-state index is 1.22. The molecule has 0 heterocycles. The van der Waals surface area contributed by atoms with Gasteiger partial charge < -0.3 is 0 Å². The zero-order valence-electron chi connectivity index (χ0n) is 8.62. The first-order chi connectivity index (χ1) is 7.95. The Morgan fingerprint density at radius 1 is 0.688 bits per heavy atom. The van der Waals surface area contributed by atoms with Gasteiger partial charge in [-0.25, -0.2) is 0 Å². The van der Waals surface area contributed by atoms with Crippen molar-refractivity contribution >= 4 is 10.8 Å². The normalized spacial score (nSPS) is 11.8. The molecule has 0 atom stereocenters. The van der Waals surface area contributed by atoms with E-state index in [0.717, 1.165) is 0 Å². The molecule has 3 aromatic carbocycles. The first kappa shape index (κ1) is 8.12. The summed E-state index contributed by atoms with van der Waals surface area (Å²) in [5.74, 6) is 0. The summed E-state index contributed by atoms with van der Waals surface area (Å²) in [5, 5.41) is 2.57. The van der Waals surface area contributed by atoms with Gasteiger partial charge in [0.15, 0.2) is 0 Å². The molecule has 0 bridgehead atoms. The predicted molar refractivity (Wildman–Crippen MR) is 66.1 cm³/mol. The summed E-state index contributed by atoms with van der Waals surface area (Å²) < 4.78 is 0. The molecule has 2 radical (unpaired) electrons. The van der Waals surface area contributed by atoms with E-state index in [1.807, 2.05) is 12.1 Å². The Kier molecular flexibility index (Phi) is 1.39. The molecule has 72 valence electrons. The third-order valence-electron chi connectivity index (χ3n) is 3.24. The molecule has 3 aromatic rings. The summed E-state index contributed by atoms with van der Waals surface area (Å²) in [6.45, 7) is 0. The quantitative estimate of drug-likeness (QED) is 0.401. The molecule has 0 aliphatic heterocycles. The molecule has 0 heteroatoms. The van der Waals surface area contributed by atoms with Crippen LogP contribution >= 0.6 is 0 Å². The highest BCUT2D eigenvalue weighted by Gasteiger charge is 2.19. The smallest absolute Gasteiger partial charge is 0.00139 e. The maximum absolute atomic E-state index is 3.35. The van der Waals surface area contributed by atoms with Crippen molar-refractivity contribution in [2.45, 2.75) is 0 Å². The van der Waals surface area contributed by atoms with E-state index in [0.29, 0.717) is 0 Å². The van der Waals surface area contributed by atoms with Crippen molar-refractivity contribution in [2.24, 2.45) is 0 Å². The third-order valence-corrected chi connectivity index (χ3v) is 3.24. The minimum Gasteiger partial charge on any atom is -0.0616 e. The van der Waals surface area contributed by atoms with Gasteiger partial charge in [0, 0.05) is 0 Å². The molecule has 0 fully saturated rings. The van der Waals surface area contributed by atoms with Crippen molar-refractivity contribution in [1.29, 1.82) is 0 Å². The van der Waals surface area contributed by atoms with E-state index in [-0.39, 0.29) is 0 Å². The summed E-state index contributed by atoms with van der Waals surface area (Å²) in [6.07, 6.45) is 0. The lowest BCUT2D eigenvalue weighted by Crippen LogP contribution is -1.74. The van der Waals surface area contributed by atoms with E-state index < -0.39 is 0 Å². The molecule has 0 amide bonds. The molecule has 1 aliphatic carbocycles. The predicted octanol–water partition coefficient (Wildman–Crippen LogP) is 4.09. The average Bonchev–Trinajstić information content (AvgIpc) is 2.68. The Hall–Kier alpha value is -2.08. The lowest BCUT2D eigenvalue weighted by Gasteiger charge is -1.99. The lowest BCUT2D eigenvalue weighted by molar-refractivity contribution is 1.69. The highest BCUT2D eigenvalue weighted by atomic mass is 14.2. The molecule has 0 unspecified atom stereocenters. The van der Waals surface area contributed by atoms with E-state index in [2.05, 4.69) is 48.5 Å². The van der Waals surface area contributed by atoms with Gasteiger partial charge in [-0.1, -0.05) is 48.5 Å². The van der Waals surface area contributed by atoms with Gasteiger partial charge in [0.05, 0.1) is 0 Å². The van der Waals surface area contributed by atoms with Crippen LogP contribution < -0.4 is 0 Å². The van der Waals surface area contributed by atoms with Gasteiger partial charge in [0.2, 0.25) is 0 Å². The molecule has 1 aliphatic rings. The molecule has 4 rings (SSSR count). The minimum atomic E-state index is 1.22. The second-order valence-corrected chi connectivity index (χ2v) is 4.08. The summed E-state index contributed by atoms with van der Waals surface area (Å²) in [4.78, 5) is 0. The van der Waals surface area contributed by atoms with Crippen LogP contribution in [-0.4, -0.2) is 0 Å². The largest absolute Gasteiger partial charge is 0.0616 e. The second-order valence-electron chi connectivity index (χ2n) is 4.08. The molecule has 0 N–H and O–H groups in total. The summed E-state index contributed by atoms with van der Waals surface area (Å²) in [5.41, 5.74) is 5.01. The molecule has 0 nitrogen and oxygen atoms in total. The van der Waals surface area contributed by atoms with Crippen molar-refractivity contribution in [1.82, 2.24) is 0 Å². The van der Waals surface area contributed by atoms with Crippen molar-refractivity contribution < 1.29 is 0 Å². The van der Waals surface area contributed by atoms with E-state index >= 15 is 0 Å². The Morgan fingerprint density at radius 3 is 1.81 bits per heavy atom. The van der Waals surface area contributed by atoms with Gasteiger partial charge in [-0.15, -0.1) is 0 Å². The first-order valence-electron chi connectivity index (χ1n) is 5.40. The van der Waals surface area contributed by atoms with Gasteiger partial charge in [0.1, 0.15) is 0 Å². The zero-order valence-corrected chi connectivity index (χ0v) is 8.62. The number of hydrogen-bond acceptors (Lipinski definition) is 0. The van der Waals surface area contributed by atoms with Gasteiger partial charge in [-0.05, 0) is 45.2 Å². The van der Waals surface area contributed by atoms with E-state index in [9.17, 15) is 0 Å². The van der Waals surface area contributed by atoms with Crippen molar-refractivity contribution in [3.05, 3.63) is 60.7 Å². The number of fused-ring (bicyclic) bond motifs is 3.